The molecule has 2 aromatic carbocycles. The summed E-state index contributed by atoms with van der Waals surface area (Å²) in [5.74, 6) is -0.0361. The summed E-state index contributed by atoms with van der Waals surface area (Å²) in [4.78, 5) is 11.1. The largest absolute Gasteiger partial charge is 0.494 e. The standard InChI is InChI=1S/C18H20O3/c1-3-5-14-12-15(18(19)20)8-11-17(14)13-6-9-16(10-7-13)21-4-2/h6-12H,3-5H2,1-2H3,(H,19,20). The molecule has 0 spiro atoms. The quantitative estimate of drug-likeness (QED) is 0.855. The third-order valence-electron chi connectivity index (χ3n) is 3.35. The fourth-order valence-corrected chi connectivity index (χ4v) is 2.38. The van der Waals surface area contributed by atoms with E-state index in [2.05, 4.69) is 6.92 Å². The van der Waals surface area contributed by atoms with Crippen LogP contribution in [0.2, 0.25) is 0 Å². The summed E-state index contributed by atoms with van der Waals surface area (Å²) in [7, 11) is 0. The van der Waals surface area contributed by atoms with E-state index in [9.17, 15) is 4.79 Å². The van der Waals surface area contributed by atoms with Crippen molar-refractivity contribution in [3.8, 4) is 16.9 Å². The number of carbonyl (C=O) groups is 1. The molecule has 0 heterocycles. The Morgan fingerprint density at radius 1 is 1.10 bits per heavy atom. The van der Waals surface area contributed by atoms with Gasteiger partial charge in [-0.15, -0.1) is 0 Å². The van der Waals surface area contributed by atoms with Crippen LogP contribution in [0.25, 0.3) is 11.1 Å². The molecule has 0 aliphatic rings. The van der Waals surface area contributed by atoms with Gasteiger partial charge in [-0.2, -0.15) is 0 Å². The van der Waals surface area contributed by atoms with Crippen LogP contribution in [0.15, 0.2) is 42.5 Å². The van der Waals surface area contributed by atoms with E-state index in [1.807, 2.05) is 37.3 Å². The van der Waals surface area contributed by atoms with Crippen molar-refractivity contribution in [1.82, 2.24) is 0 Å². The molecule has 110 valence electrons. The molecule has 0 unspecified atom stereocenters. The summed E-state index contributed by atoms with van der Waals surface area (Å²) in [5, 5.41) is 9.12. The Morgan fingerprint density at radius 3 is 2.38 bits per heavy atom. The van der Waals surface area contributed by atoms with Gasteiger partial charge < -0.3 is 9.84 Å². The first-order valence-electron chi connectivity index (χ1n) is 7.25. The van der Waals surface area contributed by atoms with Crippen LogP contribution in [0.4, 0.5) is 0 Å². The maximum absolute atomic E-state index is 11.1. The van der Waals surface area contributed by atoms with Gasteiger partial charge >= 0.3 is 5.97 Å². The van der Waals surface area contributed by atoms with E-state index in [-0.39, 0.29) is 0 Å². The number of carboxylic acid groups (broad SMARTS) is 1. The summed E-state index contributed by atoms with van der Waals surface area (Å²) < 4.78 is 5.45. The Balaban J connectivity index is 2.39. The first-order chi connectivity index (χ1) is 10.2. The number of aryl methyl sites for hydroxylation is 1. The fraction of sp³-hybridized carbons (Fsp3) is 0.278. The summed E-state index contributed by atoms with van der Waals surface area (Å²) in [5.41, 5.74) is 3.58. The van der Waals surface area contributed by atoms with Gasteiger partial charge in [0.05, 0.1) is 12.2 Å². The Hall–Kier alpha value is -2.29. The van der Waals surface area contributed by atoms with E-state index in [4.69, 9.17) is 9.84 Å². The van der Waals surface area contributed by atoms with Crippen LogP contribution in [-0.2, 0) is 6.42 Å². The third kappa shape index (κ3) is 3.63. The Morgan fingerprint density at radius 2 is 1.81 bits per heavy atom. The average Bonchev–Trinajstić information content (AvgIpc) is 2.49. The molecule has 3 nitrogen and oxygen atoms in total. The number of ether oxygens (including phenoxy) is 1. The Labute approximate surface area is 125 Å². The predicted octanol–water partition coefficient (Wildman–Crippen LogP) is 4.40. The molecule has 0 aromatic heterocycles. The van der Waals surface area contributed by atoms with Gasteiger partial charge in [-0.25, -0.2) is 4.79 Å². The maximum atomic E-state index is 11.1. The molecule has 0 fully saturated rings. The first kappa shape index (κ1) is 15.1. The molecule has 1 N–H and O–H groups in total. The van der Waals surface area contributed by atoms with E-state index < -0.39 is 5.97 Å². The van der Waals surface area contributed by atoms with Crippen LogP contribution in [-0.4, -0.2) is 17.7 Å². The van der Waals surface area contributed by atoms with Crippen molar-refractivity contribution >= 4 is 5.97 Å². The summed E-state index contributed by atoms with van der Waals surface area (Å²) in [6.07, 6.45) is 1.84. The molecular weight excluding hydrogens is 264 g/mol. The lowest BCUT2D eigenvalue weighted by molar-refractivity contribution is 0.0697. The Bertz CT molecular complexity index is 615. The number of aromatic carboxylic acids is 1. The van der Waals surface area contributed by atoms with Crippen LogP contribution in [0.5, 0.6) is 5.75 Å². The van der Waals surface area contributed by atoms with Crippen LogP contribution in [0.1, 0.15) is 36.2 Å². The maximum Gasteiger partial charge on any atom is 0.335 e. The molecule has 21 heavy (non-hydrogen) atoms. The van der Waals surface area contributed by atoms with Gasteiger partial charge in [0.25, 0.3) is 0 Å². The molecule has 0 saturated carbocycles. The van der Waals surface area contributed by atoms with Gasteiger partial charge in [0.15, 0.2) is 0 Å². The van der Waals surface area contributed by atoms with Crippen molar-refractivity contribution in [2.24, 2.45) is 0 Å². The smallest absolute Gasteiger partial charge is 0.335 e. The van der Waals surface area contributed by atoms with Crippen molar-refractivity contribution in [2.75, 3.05) is 6.61 Å². The lowest BCUT2D eigenvalue weighted by Gasteiger charge is -2.11. The molecule has 0 amide bonds. The highest BCUT2D eigenvalue weighted by Gasteiger charge is 2.09. The van der Waals surface area contributed by atoms with Gasteiger partial charge in [0.1, 0.15) is 5.75 Å². The second-order valence-electron chi connectivity index (χ2n) is 4.88. The van der Waals surface area contributed by atoms with E-state index in [0.717, 1.165) is 35.3 Å². The lowest BCUT2D eigenvalue weighted by Crippen LogP contribution is -1.99. The van der Waals surface area contributed by atoms with Gasteiger partial charge in [0, 0.05) is 0 Å². The highest BCUT2D eigenvalue weighted by molar-refractivity contribution is 5.89. The molecule has 0 atom stereocenters. The van der Waals surface area contributed by atoms with Crippen molar-refractivity contribution in [1.29, 1.82) is 0 Å². The molecule has 3 heteroatoms. The molecule has 0 bridgehead atoms. The summed E-state index contributed by atoms with van der Waals surface area (Å²) in [6.45, 7) is 4.70. The predicted molar refractivity (Wildman–Crippen MR) is 84.0 cm³/mol. The van der Waals surface area contributed by atoms with Gasteiger partial charge in [-0.05, 0) is 54.3 Å². The van der Waals surface area contributed by atoms with E-state index in [0.29, 0.717) is 12.2 Å². The lowest BCUT2D eigenvalue weighted by atomic mass is 9.95. The number of rotatable bonds is 6. The van der Waals surface area contributed by atoms with Gasteiger partial charge in [-0.1, -0.05) is 31.5 Å². The molecule has 2 rings (SSSR count). The van der Waals surface area contributed by atoms with Crippen molar-refractivity contribution < 1.29 is 14.6 Å². The second-order valence-corrected chi connectivity index (χ2v) is 4.88. The zero-order valence-corrected chi connectivity index (χ0v) is 12.4. The first-order valence-corrected chi connectivity index (χ1v) is 7.25. The van der Waals surface area contributed by atoms with E-state index >= 15 is 0 Å². The summed E-state index contributed by atoms with van der Waals surface area (Å²) >= 11 is 0. The third-order valence-corrected chi connectivity index (χ3v) is 3.35. The number of hydrogen-bond acceptors (Lipinski definition) is 2. The number of carboxylic acids is 1. The van der Waals surface area contributed by atoms with Crippen molar-refractivity contribution in [3.05, 3.63) is 53.6 Å². The topological polar surface area (TPSA) is 46.5 Å². The van der Waals surface area contributed by atoms with E-state index in [1.54, 1.807) is 12.1 Å². The average molecular weight is 284 g/mol. The molecule has 0 saturated heterocycles. The minimum absolute atomic E-state index is 0.341. The molecule has 0 aliphatic carbocycles. The molecule has 0 aliphatic heterocycles. The van der Waals surface area contributed by atoms with Crippen LogP contribution >= 0.6 is 0 Å². The highest BCUT2D eigenvalue weighted by atomic mass is 16.5. The van der Waals surface area contributed by atoms with Gasteiger partial charge in [0.2, 0.25) is 0 Å². The number of benzene rings is 2. The molecular formula is C18H20O3. The zero-order chi connectivity index (χ0) is 15.2. The molecule has 2 aromatic rings. The zero-order valence-electron chi connectivity index (χ0n) is 12.4. The van der Waals surface area contributed by atoms with Crippen molar-refractivity contribution in [3.63, 3.8) is 0 Å². The monoisotopic (exact) mass is 284 g/mol. The normalized spacial score (nSPS) is 10.4. The van der Waals surface area contributed by atoms with Gasteiger partial charge in [-0.3, -0.25) is 0 Å². The fourth-order valence-electron chi connectivity index (χ4n) is 2.38. The number of hydrogen-bond donors (Lipinski definition) is 1. The van der Waals surface area contributed by atoms with Crippen molar-refractivity contribution in [2.45, 2.75) is 26.7 Å². The SMILES string of the molecule is CCCc1cc(C(=O)O)ccc1-c1ccc(OCC)cc1. The van der Waals surface area contributed by atoms with Crippen LogP contribution in [0, 0.1) is 0 Å². The minimum Gasteiger partial charge on any atom is -0.494 e. The van der Waals surface area contributed by atoms with E-state index in [1.165, 1.54) is 0 Å². The minimum atomic E-state index is -0.884. The second kappa shape index (κ2) is 6.93. The molecule has 0 radical (unpaired) electrons. The summed E-state index contributed by atoms with van der Waals surface area (Å²) in [6, 6.07) is 13.2. The Kier molecular flexibility index (Phi) is 4.99. The highest BCUT2D eigenvalue weighted by Crippen LogP contribution is 2.27. The van der Waals surface area contributed by atoms with Crippen LogP contribution < -0.4 is 4.74 Å². The van der Waals surface area contributed by atoms with Crippen LogP contribution in [0.3, 0.4) is 0 Å².